The second-order valence-corrected chi connectivity index (χ2v) is 5.96. The number of nitrogens with zero attached hydrogens (tertiary/aromatic N) is 4. The Labute approximate surface area is 133 Å². The van der Waals surface area contributed by atoms with Crippen molar-refractivity contribution in [2.75, 3.05) is 18.0 Å². The summed E-state index contributed by atoms with van der Waals surface area (Å²) >= 11 is 0. The van der Waals surface area contributed by atoms with Gasteiger partial charge in [-0.2, -0.15) is 0 Å². The Morgan fingerprint density at radius 2 is 1.61 bits per heavy atom. The minimum absolute atomic E-state index is 0.427. The number of hydrogen-bond donors (Lipinski definition) is 1. The van der Waals surface area contributed by atoms with Gasteiger partial charge >= 0.3 is 0 Å². The van der Waals surface area contributed by atoms with E-state index in [2.05, 4.69) is 20.9 Å². The van der Waals surface area contributed by atoms with Crippen LogP contribution in [0.25, 0.3) is 22.1 Å². The van der Waals surface area contributed by atoms with Crippen LogP contribution < -0.4 is 4.90 Å². The van der Waals surface area contributed by atoms with E-state index in [1.54, 1.807) is 0 Å². The maximum atomic E-state index is 4.70. The van der Waals surface area contributed by atoms with Crippen molar-refractivity contribution < 1.29 is 0 Å². The predicted molar refractivity (Wildman–Crippen MR) is 90.6 cm³/mol. The molecule has 1 saturated heterocycles. The molecule has 5 heteroatoms. The first kappa shape index (κ1) is 12.6. The SMILES string of the molecule is c1ccc2nc(N3CC(c4nc5ccccc5[nH]4)C3)cnc2c1. The van der Waals surface area contributed by atoms with Crippen LogP contribution >= 0.6 is 0 Å². The van der Waals surface area contributed by atoms with Crippen LogP contribution in [0.2, 0.25) is 0 Å². The summed E-state index contributed by atoms with van der Waals surface area (Å²) in [6.45, 7) is 1.85. The first-order valence-corrected chi connectivity index (χ1v) is 7.78. The van der Waals surface area contributed by atoms with Crippen LogP contribution in [0.3, 0.4) is 0 Å². The second kappa shape index (κ2) is 4.78. The largest absolute Gasteiger partial charge is 0.354 e. The number of benzene rings is 2. The Hall–Kier alpha value is -2.95. The molecule has 2 aromatic heterocycles. The first-order chi connectivity index (χ1) is 11.4. The molecule has 2 aromatic carbocycles. The van der Waals surface area contributed by atoms with E-state index in [9.17, 15) is 0 Å². The molecule has 0 bridgehead atoms. The smallest absolute Gasteiger partial charge is 0.147 e. The fourth-order valence-corrected chi connectivity index (χ4v) is 3.10. The van der Waals surface area contributed by atoms with E-state index >= 15 is 0 Å². The van der Waals surface area contributed by atoms with Gasteiger partial charge in [0.05, 0.1) is 34.2 Å². The molecule has 0 atom stereocenters. The molecule has 1 aliphatic heterocycles. The minimum atomic E-state index is 0.427. The van der Waals surface area contributed by atoms with Gasteiger partial charge < -0.3 is 9.88 Å². The molecule has 112 valence electrons. The zero-order valence-corrected chi connectivity index (χ0v) is 12.5. The number of imidazole rings is 1. The highest BCUT2D eigenvalue weighted by molar-refractivity contribution is 5.76. The normalized spacial score (nSPS) is 15.2. The number of H-pyrrole nitrogens is 1. The molecule has 0 radical (unpaired) electrons. The van der Waals surface area contributed by atoms with Gasteiger partial charge in [0.25, 0.3) is 0 Å². The van der Waals surface area contributed by atoms with E-state index in [1.165, 1.54) is 0 Å². The molecule has 1 N–H and O–H groups in total. The number of hydrogen-bond acceptors (Lipinski definition) is 4. The molecule has 0 aliphatic carbocycles. The second-order valence-electron chi connectivity index (χ2n) is 5.96. The number of nitrogens with one attached hydrogen (secondary N) is 1. The molecule has 5 nitrogen and oxygen atoms in total. The molecular weight excluding hydrogens is 286 g/mol. The van der Waals surface area contributed by atoms with E-state index in [1.807, 2.05) is 48.7 Å². The predicted octanol–water partition coefficient (Wildman–Crippen LogP) is 3.11. The summed E-state index contributed by atoms with van der Waals surface area (Å²) in [4.78, 5) is 19.6. The number of anilines is 1. The lowest BCUT2D eigenvalue weighted by Gasteiger charge is -2.38. The summed E-state index contributed by atoms with van der Waals surface area (Å²) in [6, 6.07) is 16.1. The van der Waals surface area contributed by atoms with Gasteiger partial charge in [-0.3, -0.25) is 4.98 Å². The summed E-state index contributed by atoms with van der Waals surface area (Å²) in [5.74, 6) is 2.43. The maximum absolute atomic E-state index is 4.70. The summed E-state index contributed by atoms with van der Waals surface area (Å²) in [7, 11) is 0. The van der Waals surface area contributed by atoms with Crippen LogP contribution in [-0.2, 0) is 0 Å². The molecule has 5 rings (SSSR count). The molecule has 0 saturated carbocycles. The standard InChI is InChI=1S/C18H15N5/c1-2-6-14-13(5-1)19-9-17(20-14)23-10-12(11-23)18-21-15-7-3-4-8-16(15)22-18/h1-9,12H,10-11H2,(H,21,22). The van der Waals surface area contributed by atoms with Crippen molar-refractivity contribution in [2.24, 2.45) is 0 Å². The van der Waals surface area contributed by atoms with Gasteiger partial charge in [-0.25, -0.2) is 9.97 Å². The third-order valence-electron chi connectivity index (χ3n) is 4.44. The van der Waals surface area contributed by atoms with E-state index in [0.717, 1.165) is 46.8 Å². The zero-order valence-electron chi connectivity index (χ0n) is 12.5. The quantitative estimate of drug-likeness (QED) is 0.618. The van der Waals surface area contributed by atoms with Crippen LogP contribution in [0.1, 0.15) is 11.7 Å². The van der Waals surface area contributed by atoms with Crippen molar-refractivity contribution in [1.29, 1.82) is 0 Å². The number of fused-ring (bicyclic) bond motifs is 2. The van der Waals surface area contributed by atoms with Gasteiger partial charge in [-0.05, 0) is 24.3 Å². The molecule has 0 amide bonds. The topological polar surface area (TPSA) is 57.7 Å². The molecule has 3 heterocycles. The van der Waals surface area contributed by atoms with E-state index < -0.39 is 0 Å². The Bertz CT molecular complexity index is 967. The highest BCUT2D eigenvalue weighted by Crippen LogP contribution is 2.30. The fraction of sp³-hybridized carbons (Fsp3) is 0.167. The molecular formula is C18H15N5. The Balaban J connectivity index is 1.38. The fourth-order valence-electron chi connectivity index (χ4n) is 3.10. The maximum Gasteiger partial charge on any atom is 0.147 e. The summed E-state index contributed by atoms with van der Waals surface area (Å²) < 4.78 is 0. The molecule has 0 unspecified atom stereocenters. The number of aromatic nitrogens is 4. The van der Waals surface area contributed by atoms with E-state index in [0.29, 0.717) is 5.92 Å². The minimum Gasteiger partial charge on any atom is -0.354 e. The van der Waals surface area contributed by atoms with E-state index in [4.69, 9.17) is 9.97 Å². The van der Waals surface area contributed by atoms with Crippen molar-refractivity contribution in [1.82, 2.24) is 19.9 Å². The van der Waals surface area contributed by atoms with Gasteiger partial charge in [0.15, 0.2) is 0 Å². The van der Waals surface area contributed by atoms with Crippen LogP contribution in [0.15, 0.2) is 54.7 Å². The lowest BCUT2D eigenvalue weighted by molar-refractivity contribution is 0.501. The van der Waals surface area contributed by atoms with Gasteiger partial charge in [0.1, 0.15) is 11.6 Å². The van der Waals surface area contributed by atoms with Crippen molar-refractivity contribution in [2.45, 2.75) is 5.92 Å². The van der Waals surface area contributed by atoms with Crippen LogP contribution in [0.5, 0.6) is 0 Å². The van der Waals surface area contributed by atoms with Crippen molar-refractivity contribution in [3.8, 4) is 0 Å². The summed E-state index contributed by atoms with van der Waals surface area (Å²) in [6.07, 6.45) is 1.86. The molecule has 1 fully saturated rings. The van der Waals surface area contributed by atoms with Crippen molar-refractivity contribution in [3.63, 3.8) is 0 Å². The Morgan fingerprint density at radius 1 is 0.870 bits per heavy atom. The van der Waals surface area contributed by atoms with E-state index in [-0.39, 0.29) is 0 Å². The first-order valence-electron chi connectivity index (χ1n) is 7.78. The number of rotatable bonds is 2. The van der Waals surface area contributed by atoms with Crippen LogP contribution in [0.4, 0.5) is 5.82 Å². The van der Waals surface area contributed by atoms with Gasteiger partial charge in [0.2, 0.25) is 0 Å². The monoisotopic (exact) mass is 301 g/mol. The number of aromatic amines is 1. The Kier molecular flexibility index (Phi) is 2.61. The molecule has 4 aromatic rings. The highest BCUT2D eigenvalue weighted by atomic mass is 15.3. The average molecular weight is 301 g/mol. The van der Waals surface area contributed by atoms with Gasteiger partial charge in [0, 0.05) is 13.1 Å². The molecule has 0 spiro atoms. The third kappa shape index (κ3) is 2.04. The van der Waals surface area contributed by atoms with Crippen LogP contribution in [-0.4, -0.2) is 33.0 Å². The average Bonchev–Trinajstić information content (AvgIpc) is 2.97. The lowest BCUT2D eigenvalue weighted by Crippen LogP contribution is -2.46. The highest BCUT2D eigenvalue weighted by Gasteiger charge is 2.31. The van der Waals surface area contributed by atoms with Crippen LogP contribution in [0, 0.1) is 0 Å². The van der Waals surface area contributed by atoms with Crippen molar-refractivity contribution >= 4 is 27.9 Å². The molecule has 1 aliphatic rings. The lowest BCUT2D eigenvalue weighted by atomic mass is 10.00. The zero-order chi connectivity index (χ0) is 15.2. The summed E-state index contributed by atoms with van der Waals surface area (Å²) in [5.41, 5.74) is 4.01. The van der Waals surface area contributed by atoms with Gasteiger partial charge in [-0.15, -0.1) is 0 Å². The Morgan fingerprint density at radius 3 is 2.43 bits per heavy atom. The summed E-state index contributed by atoms with van der Waals surface area (Å²) in [5, 5.41) is 0. The van der Waals surface area contributed by atoms with Gasteiger partial charge in [-0.1, -0.05) is 24.3 Å². The van der Waals surface area contributed by atoms with Crippen molar-refractivity contribution in [3.05, 3.63) is 60.6 Å². The number of para-hydroxylation sites is 4. The molecule has 23 heavy (non-hydrogen) atoms. The third-order valence-corrected chi connectivity index (χ3v) is 4.44.